The lowest BCUT2D eigenvalue weighted by molar-refractivity contribution is -0.563. The monoisotopic (exact) mass is 311 g/mol. The van der Waals surface area contributed by atoms with Crippen molar-refractivity contribution in [1.29, 1.82) is 0 Å². The van der Waals surface area contributed by atoms with Crippen LogP contribution in [0.3, 0.4) is 0 Å². The van der Waals surface area contributed by atoms with Crippen LogP contribution >= 0.6 is 34.8 Å². The van der Waals surface area contributed by atoms with E-state index in [0.29, 0.717) is 15.6 Å². The molecule has 1 aliphatic heterocycles. The molecule has 0 N–H and O–H groups in total. The molecule has 8 heteroatoms. The number of alkyl halides is 1. The van der Waals surface area contributed by atoms with Gasteiger partial charge in [-0.2, -0.15) is 0 Å². The molecule has 0 aromatic heterocycles. The molecule has 18 heavy (non-hydrogen) atoms. The predicted molar refractivity (Wildman–Crippen MR) is 66.7 cm³/mol. The molecule has 0 saturated carbocycles. The third-order valence-corrected chi connectivity index (χ3v) is 3.37. The van der Waals surface area contributed by atoms with Gasteiger partial charge in [0.25, 0.3) is 0 Å². The second-order valence-electron chi connectivity index (χ2n) is 3.79. The Hall–Kier alpha value is -0.590. The van der Waals surface area contributed by atoms with Gasteiger partial charge in [0.15, 0.2) is 6.29 Å². The summed E-state index contributed by atoms with van der Waals surface area (Å²) in [5, 5.41) is 11.6. The van der Waals surface area contributed by atoms with Crippen molar-refractivity contribution in [3.63, 3.8) is 0 Å². The number of halogens is 3. The highest BCUT2D eigenvalue weighted by Gasteiger charge is 2.46. The third-order valence-electron chi connectivity index (χ3n) is 2.46. The van der Waals surface area contributed by atoms with Crippen LogP contribution in [-0.4, -0.2) is 23.1 Å². The van der Waals surface area contributed by atoms with E-state index in [9.17, 15) is 10.1 Å². The van der Waals surface area contributed by atoms with Crippen LogP contribution in [0.4, 0.5) is 0 Å². The molecule has 1 aromatic rings. The molecule has 0 atom stereocenters. The summed E-state index contributed by atoms with van der Waals surface area (Å²) in [6.45, 7) is -0.518. The topological polar surface area (TPSA) is 61.6 Å². The number of nitro groups is 1. The minimum Gasteiger partial charge on any atom is -0.339 e. The normalized spacial score (nSPS) is 28.1. The zero-order chi connectivity index (χ0) is 13.3. The van der Waals surface area contributed by atoms with E-state index in [1.54, 1.807) is 18.2 Å². The quantitative estimate of drug-likeness (QED) is 0.364. The molecule has 0 unspecified atom stereocenters. The fourth-order valence-corrected chi connectivity index (χ4v) is 2.10. The van der Waals surface area contributed by atoms with Gasteiger partial charge in [0, 0.05) is 15.5 Å². The number of rotatable bonds is 2. The highest BCUT2D eigenvalue weighted by Crippen LogP contribution is 2.34. The van der Waals surface area contributed by atoms with Crippen LogP contribution in [0.1, 0.15) is 11.9 Å². The first-order chi connectivity index (χ1) is 8.42. The second-order valence-corrected chi connectivity index (χ2v) is 5.34. The summed E-state index contributed by atoms with van der Waals surface area (Å²) in [7, 11) is 0. The number of nitrogens with zero attached hydrogens (tertiary/aromatic N) is 1. The maximum absolute atomic E-state index is 10.7. The van der Waals surface area contributed by atoms with Gasteiger partial charge in [0.1, 0.15) is 13.2 Å². The smallest absolute Gasteiger partial charge is 0.339 e. The minimum absolute atomic E-state index is 0.259. The summed E-state index contributed by atoms with van der Waals surface area (Å²) in [4.78, 5) is 8.33. The Morgan fingerprint density at radius 2 is 1.94 bits per heavy atom. The van der Waals surface area contributed by atoms with E-state index in [2.05, 4.69) is 0 Å². The van der Waals surface area contributed by atoms with Crippen LogP contribution in [-0.2, 0) is 9.47 Å². The van der Waals surface area contributed by atoms with Crippen LogP contribution in [0.15, 0.2) is 18.2 Å². The predicted octanol–water partition coefficient (Wildman–Crippen LogP) is 3.25. The summed E-state index contributed by atoms with van der Waals surface area (Å²) in [5.41, 5.74) is 0.558. The second kappa shape index (κ2) is 5.19. The van der Waals surface area contributed by atoms with Gasteiger partial charge in [-0.3, -0.25) is 10.1 Å². The first-order valence-electron chi connectivity index (χ1n) is 4.94. The van der Waals surface area contributed by atoms with Gasteiger partial charge in [0.05, 0.1) is 5.02 Å². The Bertz CT molecular complexity index is 474. The fourth-order valence-electron chi connectivity index (χ4n) is 1.47. The lowest BCUT2D eigenvalue weighted by atomic mass is 10.2. The minimum atomic E-state index is -1.74. The average molecular weight is 313 g/mol. The number of ether oxygens (including phenoxy) is 2. The average Bonchev–Trinajstić information content (AvgIpc) is 2.31. The molecule has 1 fully saturated rings. The van der Waals surface area contributed by atoms with Gasteiger partial charge >= 0.3 is 5.00 Å². The van der Waals surface area contributed by atoms with E-state index < -0.39 is 16.2 Å². The fraction of sp³-hybridized carbons (Fsp3) is 0.400. The summed E-state index contributed by atoms with van der Waals surface area (Å²) in [6, 6.07) is 4.81. The van der Waals surface area contributed by atoms with Crippen molar-refractivity contribution in [2.24, 2.45) is 0 Å². The Morgan fingerprint density at radius 1 is 1.33 bits per heavy atom. The molecular formula is C10H8Cl3NO4. The molecule has 0 aliphatic carbocycles. The van der Waals surface area contributed by atoms with E-state index in [-0.39, 0.29) is 13.2 Å². The van der Waals surface area contributed by atoms with E-state index in [1.165, 1.54) is 0 Å². The molecule has 1 heterocycles. The highest BCUT2D eigenvalue weighted by atomic mass is 35.5. The van der Waals surface area contributed by atoms with Crippen LogP contribution < -0.4 is 0 Å². The van der Waals surface area contributed by atoms with Crippen LogP contribution in [0, 0.1) is 10.1 Å². The van der Waals surface area contributed by atoms with Gasteiger partial charge in [-0.05, 0) is 23.7 Å². The molecule has 98 valence electrons. The van der Waals surface area contributed by atoms with Crippen molar-refractivity contribution < 1.29 is 14.4 Å². The molecule has 0 spiro atoms. The van der Waals surface area contributed by atoms with Crippen molar-refractivity contribution in [3.8, 4) is 0 Å². The van der Waals surface area contributed by atoms with Crippen molar-refractivity contribution in [2.75, 3.05) is 13.2 Å². The first kappa shape index (κ1) is 13.8. The standard InChI is InChI=1S/C10H8Cl3NO4/c11-6-1-2-7(8(12)3-6)9-17-4-10(13,5-18-9)14(15)16/h1-3,9H,4-5H2. The van der Waals surface area contributed by atoms with Crippen LogP contribution in [0.2, 0.25) is 10.0 Å². The molecular weight excluding hydrogens is 304 g/mol. The molecule has 1 saturated heterocycles. The van der Waals surface area contributed by atoms with Crippen molar-refractivity contribution in [3.05, 3.63) is 43.9 Å². The van der Waals surface area contributed by atoms with Crippen molar-refractivity contribution in [2.45, 2.75) is 11.3 Å². The Kier molecular flexibility index (Phi) is 3.99. The summed E-state index contributed by atoms with van der Waals surface area (Å²) < 4.78 is 10.5. The first-order valence-corrected chi connectivity index (χ1v) is 6.07. The van der Waals surface area contributed by atoms with Crippen LogP contribution in [0.5, 0.6) is 0 Å². The summed E-state index contributed by atoms with van der Waals surface area (Å²) in [5.74, 6) is 0. The van der Waals surface area contributed by atoms with Gasteiger partial charge in [-0.1, -0.05) is 29.3 Å². The van der Waals surface area contributed by atoms with Gasteiger partial charge in [0.2, 0.25) is 0 Å². The summed E-state index contributed by atoms with van der Waals surface area (Å²) >= 11 is 17.5. The molecule has 0 amide bonds. The Balaban J connectivity index is 2.12. The SMILES string of the molecule is O=[N+]([O-])C1(Cl)COC(c2ccc(Cl)cc2Cl)OC1. The van der Waals surface area contributed by atoms with Crippen LogP contribution in [0.25, 0.3) is 0 Å². The maximum atomic E-state index is 10.7. The van der Waals surface area contributed by atoms with Gasteiger partial charge < -0.3 is 9.47 Å². The molecule has 2 rings (SSSR count). The highest BCUT2D eigenvalue weighted by molar-refractivity contribution is 6.35. The largest absolute Gasteiger partial charge is 0.341 e. The molecule has 1 aromatic carbocycles. The number of benzene rings is 1. The summed E-state index contributed by atoms with van der Waals surface area (Å²) in [6.07, 6.45) is -0.776. The molecule has 5 nitrogen and oxygen atoms in total. The number of hydrogen-bond acceptors (Lipinski definition) is 4. The van der Waals surface area contributed by atoms with E-state index in [0.717, 1.165) is 0 Å². The molecule has 0 radical (unpaired) electrons. The van der Waals surface area contributed by atoms with Crippen molar-refractivity contribution in [1.82, 2.24) is 0 Å². The lowest BCUT2D eigenvalue weighted by Gasteiger charge is -2.30. The van der Waals surface area contributed by atoms with Gasteiger partial charge in [-0.15, -0.1) is 0 Å². The van der Waals surface area contributed by atoms with Crippen molar-refractivity contribution >= 4 is 34.8 Å². The Morgan fingerprint density at radius 3 is 2.44 bits per heavy atom. The molecule has 1 aliphatic rings. The Labute approximate surface area is 118 Å². The number of hydrogen-bond donors (Lipinski definition) is 0. The third kappa shape index (κ3) is 2.70. The zero-order valence-electron chi connectivity index (χ0n) is 8.94. The van der Waals surface area contributed by atoms with Gasteiger partial charge in [-0.25, -0.2) is 0 Å². The zero-order valence-corrected chi connectivity index (χ0v) is 11.2. The van der Waals surface area contributed by atoms with E-state index >= 15 is 0 Å². The maximum Gasteiger partial charge on any atom is 0.341 e. The van der Waals surface area contributed by atoms with E-state index in [1.807, 2.05) is 0 Å². The van der Waals surface area contributed by atoms with E-state index in [4.69, 9.17) is 44.3 Å². The lowest BCUT2D eigenvalue weighted by Crippen LogP contribution is -2.46. The molecule has 0 bridgehead atoms.